The highest BCUT2D eigenvalue weighted by Crippen LogP contribution is 2.23. The van der Waals surface area contributed by atoms with Gasteiger partial charge in [0.1, 0.15) is 16.9 Å². The Morgan fingerprint density at radius 1 is 1.46 bits per heavy atom. The van der Waals surface area contributed by atoms with E-state index in [2.05, 4.69) is 15.3 Å². The number of hydrogen-bond acceptors (Lipinski definition) is 5. The molecule has 0 saturated carbocycles. The number of carbonyl (C=O) groups is 2. The highest BCUT2D eigenvalue weighted by molar-refractivity contribution is 6.28. The number of amides is 1. The molecule has 0 aliphatic heterocycles. The molecular formula is C15H19ClN4O4. The van der Waals surface area contributed by atoms with Gasteiger partial charge in [0.25, 0.3) is 0 Å². The molecule has 1 amide bonds. The summed E-state index contributed by atoms with van der Waals surface area (Å²) in [4.78, 5) is 31.2. The molecule has 1 atom stereocenters. The SMILES string of the molecule is C[C@@H](CNC(=O)OC(C)(C)C)n1c(C(=O)O)cc2cnc(Cl)nc21. The quantitative estimate of drug-likeness (QED) is 0.817. The lowest BCUT2D eigenvalue weighted by atomic mass is 10.2. The lowest BCUT2D eigenvalue weighted by molar-refractivity contribution is 0.0521. The van der Waals surface area contributed by atoms with Crippen LogP contribution in [0.15, 0.2) is 12.3 Å². The highest BCUT2D eigenvalue weighted by atomic mass is 35.5. The van der Waals surface area contributed by atoms with Crippen molar-refractivity contribution in [1.29, 1.82) is 0 Å². The van der Waals surface area contributed by atoms with E-state index in [0.29, 0.717) is 11.0 Å². The number of rotatable bonds is 4. The van der Waals surface area contributed by atoms with Gasteiger partial charge in [-0.2, -0.15) is 4.98 Å². The van der Waals surface area contributed by atoms with Crippen LogP contribution >= 0.6 is 11.6 Å². The van der Waals surface area contributed by atoms with Crippen LogP contribution in [0.1, 0.15) is 44.2 Å². The number of nitrogens with zero attached hydrogens (tertiary/aromatic N) is 3. The van der Waals surface area contributed by atoms with Gasteiger partial charge in [-0.3, -0.25) is 0 Å². The summed E-state index contributed by atoms with van der Waals surface area (Å²) in [7, 11) is 0. The Kier molecular flexibility index (Phi) is 4.98. The van der Waals surface area contributed by atoms with Crippen molar-refractivity contribution in [3.63, 3.8) is 0 Å². The summed E-state index contributed by atoms with van der Waals surface area (Å²) < 4.78 is 6.67. The number of carboxylic acids is 1. The van der Waals surface area contributed by atoms with Crippen molar-refractivity contribution in [2.45, 2.75) is 39.3 Å². The van der Waals surface area contributed by atoms with Gasteiger partial charge in [0.2, 0.25) is 5.28 Å². The fraction of sp³-hybridized carbons (Fsp3) is 0.467. The summed E-state index contributed by atoms with van der Waals surface area (Å²) in [5, 5.41) is 12.6. The first-order valence-electron chi connectivity index (χ1n) is 7.32. The number of fused-ring (bicyclic) bond motifs is 1. The number of alkyl carbamates (subject to hydrolysis) is 1. The molecule has 2 aromatic rings. The maximum Gasteiger partial charge on any atom is 0.407 e. The first kappa shape index (κ1) is 18.0. The largest absolute Gasteiger partial charge is 0.477 e. The fourth-order valence-corrected chi connectivity index (χ4v) is 2.36. The molecule has 130 valence electrons. The Labute approximate surface area is 143 Å². The maximum absolute atomic E-state index is 11.8. The molecule has 2 N–H and O–H groups in total. The summed E-state index contributed by atoms with van der Waals surface area (Å²) >= 11 is 5.81. The van der Waals surface area contributed by atoms with Crippen LogP contribution < -0.4 is 5.32 Å². The maximum atomic E-state index is 11.8. The first-order valence-corrected chi connectivity index (χ1v) is 7.70. The molecule has 24 heavy (non-hydrogen) atoms. The second-order valence-electron chi connectivity index (χ2n) is 6.35. The van der Waals surface area contributed by atoms with Gasteiger partial charge in [-0.05, 0) is 45.4 Å². The van der Waals surface area contributed by atoms with Crippen molar-refractivity contribution in [2.75, 3.05) is 6.54 Å². The van der Waals surface area contributed by atoms with Crippen molar-refractivity contribution in [3.05, 3.63) is 23.2 Å². The monoisotopic (exact) mass is 354 g/mol. The summed E-state index contributed by atoms with van der Waals surface area (Å²) in [6.07, 6.45) is 0.886. The highest BCUT2D eigenvalue weighted by Gasteiger charge is 2.22. The molecule has 2 heterocycles. The minimum Gasteiger partial charge on any atom is -0.477 e. The lowest BCUT2D eigenvalue weighted by Crippen LogP contribution is -2.35. The van der Waals surface area contributed by atoms with E-state index in [-0.39, 0.29) is 23.6 Å². The van der Waals surface area contributed by atoms with E-state index in [9.17, 15) is 14.7 Å². The molecule has 2 aromatic heterocycles. The molecule has 8 nitrogen and oxygen atoms in total. The van der Waals surface area contributed by atoms with E-state index in [1.54, 1.807) is 27.7 Å². The predicted octanol–water partition coefficient (Wildman–Crippen LogP) is 2.87. The van der Waals surface area contributed by atoms with Gasteiger partial charge >= 0.3 is 12.1 Å². The number of carboxylic acid groups (broad SMARTS) is 1. The van der Waals surface area contributed by atoms with Crippen LogP contribution in [0.4, 0.5) is 4.79 Å². The second kappa shape index (κ2) is 6.64. The summed E-state index contributed by atoms with van der Waals surface area (Å²) in [5.74, 6) is -1.10. The Morgan fingerprint density at radius 2 is 2.12 bits per heavy atom. The van der Waals surface area contributed by atoms with Crippen molar-refractivity contribution in [2.24, 2.45) is 0 Å². The molecule has 0 bridgehead atoms. The predicted molar refractivity (Wildman–Crippen MR) is 88.4 cm³/mol. The Balaban J connectivity index is 2.26. The van der Waals surface area contributed by atoms with Gasteiger partial charge < -0.3 is 19.7 Å². The number of carbonyl (C=O) groups excluding carboxylic acids is 1. The van der Waals surface area contributed by atoms with Crippen molar-refractivity contribution < 1.29 is 19.4 Å². The van der Waals surface area contributed by atoms with Gasteiger partial charge in [-0.25, -0.2) is 14.6 Å². The molecule has 0 aromatic carbocycles. The van der Waals surface area contributed by atoms with Crippen LogP contribution in [-0.4, -0.2) is 43.8 Å². The molecule has 0 spiro atoms. The topological polar surface area (TPSA) is 106 Å². The van der Waals surface area contributed by atoms with E-state index in [0.717, 1.165) is 0 Å². The van der Waals surface area contributed by atoms with E-state index >= 15 is 0 Å². The first-order chi connectivity index (χ1) is 11.1. The van der Waals surface area contributed by atoms with Crippen molar-refractivity contribution in [1.82, 2.24) is 19.9 Å². The number of ether oxygens (including phenoxy) is 1. The lowest BCUT2D eigenvalue weighted by Gasteiger charge is -2.22. The minimum absolute atomic E-state index is 0.0195. The van der Waals surface area contributed by atoms with Crippen LogP contribution in [0.3, 0.4) is 0 Å². The summed E-state index contributed by atoms with van der Waals surface area (Å²) in [5.41, 5.74) is -0.175. The third-order valence-corrected chi connectivity index (χ3v) is 3.33. The molecule has 2 rings (SSSR count). The molecule has 0 radical (unpaired) electrons. The zero-order valence-corrected chi connectivity index (χ0v) is 14.6. The van der Waals surface area contributed by atoms with E-state index < -0.39 is 17.7 Å². The molecule has 9 heteroatoms. The molecular weight excluding hydrogens is 336 g/mol. The van der Waals surface area contributed by atoms with Crippen LogP contribution in [0.2, 0.25) is 5.28 Å². The zero-order valence-electron chi connectivity index (χ0n) is 13.8. The smallest absolute Gasteiger partial charge is 0.407 e. The average molecular weight is 355 g/mol. The Morgan fingerprint density at radius 3 is 2.71 bits per heavy atom. The minimum atomic E-state index is -1.10. The third kappa shape index (κ3) is 4.14. The van der Waals surface area contributed by atoms with Gasteiger partial charge in [0.15, 0.2) is 0 Å². The standard InChI is InChI=1S/C15H19ClN4O4/c1-8(6-18-14(23)24-15(2,3)4)20-10(12(21)22)5-9-7-17-13(16)19-11(9)20/h5,7-8H,6H2,1-4H3,(H,18,23)(H,21,22)/t8-/m0/s1. The normalized spacial score (nSPS) is 12.9. The van der Waals surface area contributed by atoms with E-state index in [1.165, 1.54) is 16.8 Å². The molecule has 0 fully saturated rings. The van der Waals surface area contributed by atoms with Crippen molar-refractivity contribution >= 4 is 34.7 Å². The van der Waals surface area contributed by atoms with E-state index in [4.69, 9.17) is 16.3 Å². The van der Waals surface area contributed by atoms with Gasteiger partial charge in [-0.15, -0.1) is 0 Å². The van der Waals surface area contributed by atoms with Crippen molar-refractivity contribution in [3.8, 4) is 0 Å². The van der Waals surface area contributed by atoms with Gasteiger partial charge in [-0.1, -0.05) is 0 Å². The Hall–Kier alpha value is -2.35. The van der Waals surface area contributed by atoms with Gasteiger partial charge in [0.05, 0.1) is 6.04 Å². The zero-order chi connectivity index (χ0) is 18.1. The summed E-state index contributed by atoms with van der Waals surface area (Å²) in [6, 6.07) is 1.09. The van der Waals surface area contributed by atoms with Crippen LogP contribution in [0, 0.1) is 0 Å². The second-order valence-corrected chi connectivity index (χ2v) is 6.69. The fourth-order valence-electron chi connectivity index (χ4n) is 2.23. The number of aromatic nitrogens is 3. The third-order valence-electron chi connectivity index (χ3n) is 3.15. The van der Waals surface area contributed by atoms with Crippen LogP contribution in [0.25, 0.3) is 11.0 Å². The Bertz CT molecular complexity index is 782. The van der Waals surface area contributed by atoms with Crippen LogP contribution in [0.5, 0.6) is 0 Å². The molecule has 0 aliphatic carbocycles. The number of aromatic carboxylic acids is 1. The van der Waals surface area contributed by atoms with Gasteiger partial charge in [0, 0.05) is 18.1 Å². The molecule has 0 saturated heterocycles. The molecule has 0 aliphatic rings. The van der Waals surface area contributed by atoms with Crippen LogP contribution in [-0.2, 0) is 4.74 Å². The number of nitrogens with one attached hydrogen (secondary N) is 1. The molecule has 0 unspecified atom stereocenters. The van der Waals surface area contributed by atoms with E-state index in [1.807, 2.05) is 0 Å². The average Bonchev–Trinajstić information content (AvgIpc) is 2.81. The summed E-state index contributed by atoms with van der Waals surface area (Å²) in [6.45, 7) is 7.21. The number of halogens is 1. The number of hydrogen-bond donors (Lipinski definition) is 2.